The van der Waals surface area contributed by atoms with Crippen LogP contribution >= 0.6 is 0 Å². The fourth-order valence-electron chi connectivity index (χ4n) is 1.36. The zero-order chi connectivity index (χ0) is 12.1. The van der Waals surface area contributed by atoms with Crippen LogP contribution in [0, 0.1) is 0 Å². The number of amides is 1. The van der Waals surface area contributed by atoms with Gasteiger partial charge in [0.15, 0.2) is 0 Å². The molecule has 4 nitrogen and oxygen atoms in total. The fourth-order valence-corrected chi connectivity index (χ4v) is 1.36. The molecule has 88 valence electrons. The number of hydrogen-bond donors (Lipinski definition) is 1. The Hall–Kier alpha value is -1.55. The summed E-state index contributed by atoms with van der Waals surface area (Å²) in [5.41, 5.74) is 0.825. The van der Waals surface area contributed by atoms with Gasteiger partial charge in [-0.15, -0.1) is 0 Å². The molecule has 1 N–H and O–H groups in total. The summed E-state index contributed by atoms with van der Waals surface area (Å²) in [5, 5.41) is 2.92. The summed E-state index contributed by atoms with van der Waals surface area (Å²) in [6.07, 6.45) is 0. The standard InChI is InChI=1S/C12H18N2O2/c1-9(13-2)12(15)14(3)10-6-5-7-11(8-10)16-4/h5-9,13H,1-4H3/t9-/m0/s1. The molecule has 16 heavy (non-hydrogen) atoms. The van der Waals surface area contributed by atoms with Gasteiger partial charge in [-0.3, -0.25) is 4.79 Å². The number of likely N-dealkylation sites (N-methyl/N-ethyl adjacent to an activating group) is 2. The van der Waals surface area contributed by atoms with Crippen LogP contribution in [0.5, 0.6) is 5.75 Å². The van der Waals surface area contributed by atoms with Gasteiger partial charge in [0.25, 0.3) is 0 Å². The van der Waals surface area contributed by atoms with Crippen LogP contribution in [0.3, 0.4) is 0 Å². The fraction of sp³-hybridized carbons (Fsp3) is 0.417. The van der Waals surface area contributed by atoms with Crippen molar-refractivity contribution in [2.75, 3.05) is 26.1 Å². The number of anilines is 1. The molecule has 0 saturated carbocycles. The predicted molar refractivity (Wildman–Crippen MR) is 64.9 cm³/mol. The molecule has 1 atom stereocenters. The molecule has 0 aromatic heterocycles. The van der Waals surface area contributed by atoms with Crippen LogP contribution in [0.15, 0.2) is 24.3 Å². The highest BCUT2D eigenvalue weighted by Gasteiger charge is 2.16. The van der Waals surface area contributed by atoms with Crippen LogP contribution < -0.4 is 15.0 Å². The minimum Gasteiger partial charge on any atom is -0.497 e. The lowest BCUT2D eigenvalue weighted by Crippen LogP contribution is -2.41. The maximum Gasteiger partial charge on any atom is 0.243 e. The van der Waals surface area contributed by atoms with Crippen LogP contribution in [0.1, 0.15) is 6.92 Å². The second-order valence-corrected chi connectivity index (χ2v) is 3.61. The Morgan fingerprint density at radius 2 is 2.19 bits per heavy atom. The molecule has 0 bridgehead atoms. The summed E-state index contributed by atoms with van der Waals surface area (Å²) >= 11 is 0. The SMILES string of the molecule is CN[C@@H](C)C(=O)N(C)c1cccc(OC)c1. The van der Waals surface area contributed by atoms with Gasteiger partial charge in [0, 0.05) is 18.8 Å². The summed E-state index contributed by atoms with van der Waals surface area (Å²) in [7, 11) is 5.13. The molecule has 1 aromatic carbocycles. The van der Waals surface area contributed by atoms with E-state index in [1.165, 1.54) is 0 Å². The van der Waals surface area contributed by atoms with Gasteiger partial charge in [-0.25, -0.2) is 0 Å². The highest BCUT2D eigenvalue weighted by molar-refractivity contribution is 5.96. The number of hydrogen-bond acceptors (Lipinski definition) is 3. The summed E-state index contributed by atoms with van der Waals surface area (Å²) in [6.45, 7) is 1.83. The number of nitrogens with one attached hydrogen (secondary N) is 1. The third-order valence-corrected chi connectivity index (χ3v) is 2.57. The van der Waals surface area contributed by atoms with Crippen LogP contribution in [-0.4, -0.2) is 33.2 Å². The van der Waals surface area contributed by atoms with Crippen molar-refractivity contribution in [3.05, 3.63) is 24.3 Å². The van der Waals surface area contributed by atoms with E-state index in [-0.39, 0.29) is 11.9 Å². The molecular formula is C12H18N2O2. The lowest BCUT2D eigenvalue weighted by atomic mass is 10.2. The Kier molecular flexibility index (Phi) is 4.31. The third-order valence-electron chi connectivity index (χ3n) is 2.57. The first kappa shape index (κ1) is 12.5. The summed E-state index contributed by atoms with van der Waals surface area (Å²) < 4.78 is 5.12. The molecule has 1 aromatic rings. The van der Waals surface area contributed by atoms with Crippen molar-refractivity contribution >= 4 is 11.6 Å². The van der Waals surface area contributed by atoms with E-state index in [1.807, 2.05) is 31.2 Å². The van der Waals surface area contributed by atoms with E-state index < -0.39 is 0 Å². The van der Waals surface area contributed by atoms with Crippen LogP contribution in [-0.2, 0) is 4.79 Å². The van der Waals surface area contributed by atoms with Crippen molar-refractivity contribution < 1.29 is 9.53 Å². The second-order valence-electron chi connectivity index (χ2n) is 3.61. The molecule has 0 aliphatic rings. The van der Waals surface area contributed by atoms with Gasteiger partial charge in [0.1, 0.15) is 5.75 Å². The van der Waals surface area contributed by atoms with Crippen molar-refractivity contribution in [3.63, 3.8) is 0 Å². The van der Waals surface area contributed by atoms with Gasteiger partial charge in [-0.1, -0.05) is 6.07 Å². The number of benzene rings is 1. The molecule has 0 aliphatic carbocycles. The third kappa shape index (κ3) is 2.73. The van der Waals surface area contributed by atoms with E-state index in [0.29, 0.717) is 0 Å². The van der Waals surface area contributed by atoms with E-state index in [1.54, 1.807) is 26.1 Å². The number of nitrogens with zero attached hydrogens (tertiary/aromatic N) is 1. The van der Waals surface area contributed by atoms with Crippen LogP contribution in [0.2, 0.25) is 0 Å². The minimum absolute atomic E-state index is 0.0238. The minimum atomic E-state index is -0.198. The maximum atomic E-state index is 11.9. The van der Waals surface area contributed by atoms with Crippen LogP contribution in [0.4, 0.5) is 5.69 Å². The molecule has 1 rings (SSSR count). The average Bonchev–Trinajstić information content (AvgIpc) is 2.36. The van der Waals surface area contributed by atoms with Gasteiger partial charge in [0.05, 0.1) is 13.2 Å². The first-order valence-corrected chi connectivity index (χ1v) is 5.19. The Labute approximate surface area is 96.2 Å². The number of carbonyl (C=O) groups is 1. The van der Waals surface area contributed by atoms with Crippen molar-refractivity contribution in [1.29, 1.82) is 0 Å². The van der Waals surface area contributed by atoms with Crippen molar-refractivity contribution in [2.24, 2.45) is 0 Å². The molecule has 1 amide bonds. The second kappa shape index (κ2) is 5.51. The zero-order valence-electron chi connectivity index (χ0n) is 10.2. The zero-order valence-corrected chi connectivity index (χ0v) is 10.2. The number of methoxy groups -OCH3 is 1. The lowest BCUT2D eigenvalue weighted by molar-refractivity contribution is -0.119. The largest absolute Gasteiger partial charge is 0.497 e. The Bertz CT molecular complexity index is 366. The molecule has 0 fully saturated rings. The quantitative estimate of drug-likeness (QED) is 0.834. The maximum absolute atomic E-state index is 11.9. The summed E-state index contributed by atoms with van der Waals surface area (Å²) in [6, 6.07) is 7.23. The van der Waals surface area contributed by atoms with Crippen molar-refractivity contribution in [3.8, 4) is 5.75 Å². The topological polar surface area (TPSA) is 41.6 Å². The molecule has 0 unspecified atom stereocenters. The highest BCUT2D eigenvalue weighted by atomic mass is 16.5. The van der Waals surface area contributed by atoms with Crippen molar-refractivity contribution in [1.82, 2.24) is 5.32 Å². The van der Waals surface area contributed by atoms with E-state index in [0.717, 1.165) is 11.4 Å². The monoisotopic (exact) mass is 222 g/mol. The first-order valence-electron chi connectivity index (χ1n) is 5.19. The summed E-state index contributed by atoms with van der Waals surface area (Å²) in [5.74, 6) is 0.769. The molecule has 0 heterocycles. The normalized spacial score (nSPS) is 12.0. The molecule has 4 heteroatoms. The Morgan fingerprint density at radius 1 is 1.50 bits per heavy atom. The summed E-state index contributed by atoms with van der Waals surface area (Å²) in [4.78, 5) is 13.5. The number of rotatable bonds is 4. The van der Waals surface area contributed by atoms with Gasteiger partial charge in [0.2, 0.25) is 5.91 Å². The molecule has 0 radical (unpaired) electrons. The predicted octanol–water partition coefficient (Wildman–Crippen LogP) is 1.27. The Morgan fingerprint density at radius 3 is 2.75 bits per heavy atom. The number of ether oxygens (including phenoxy) is 1. The Balaban J connectivity index is 2.87. The van der Waals surface area contributed by atoms with Gasteiger partial charge in [-0.2, -0.15) is 0 Å². The highest BCUT2D eigenvalue weighted by Crippen LogP contribution is 2.20. The van der Waals surface area contributed by atoms with Gasteiger partial charge in [-0.05, 0) is 26.1 Å². The molecule has 0 saturated heterocycles. The van der Waals surface area contributed by atoms with Crippen LogP contribution in [0.25, 0.3) is 0 Å². The van der Waals surface area contributed by atoms with Gasteiger partial charge >= 0.3 is 0 Å². The molecule has 0 aliphatic heterocycles. The van der Waals surface area contributed by atoms with Gasteiger partial charge < -0.3 is 15.0 Å². The number of carbonyl (C=O) groups excluding carboxylic acids is 1. The lowest BCUT2D eigenvalue weighted by Gasteiger charge is -2.21. The van der Waals surface area contributed by atoms with E-state index in [2.05, 4.69) is 5.32 Å². The molecular weight excluding hydrogens is 204 g/mol. The van der Waals surface area contributed by atoms with E-state index in [4.69, 9.17) is 4.74 Å². The first-order chi connectivity index (χ1) is 7.60. The smallest absolute Gasteiger partial charge is 0.243 e. The molecule has 0 spiro atoms. The van der Waals surface area contributed by atoms with E-state index in [9.17, 15) is 4.79 Å². The van der Waals surface area contributed by atoms with Crippen molar-refractivity contribution in [2.45, 2.75) is 13.0 Å². The van der Waals surface area contributed by atoms with E-state index >= 15 is 0 Å². The average molecular weight is 222 g/mol.